The molecule has 1 aromatic carbocycles. The summed E-state index contributed by atoms with van der Waals surface area (Å²) in [4.78, 5) is 14.2. The lowest BCUT2D eigenvalue weighted by molar-refractivity contribution is -0.122. The molecule has 0 saturated carbocycles. The first kappa shape index (κ1) is 16.7. The molecule has 0 spiro atoms. The molecule has 112 valence electrons. The Hall–Kier alpha value is -1.35. The van der Waals surface area contributed by atoms with Crippen molar-refractivity contribution in [1.82, 2.24) is 10.2 Å². The van der Waals surface area contributed by atoms with E-state index in [4.69, 9.17) is 0 Å². The van der Waals surface area contributed by atoms with Gasteiger partial charge in [0.1, 0.15) is 0 Å². The van der Waals surface area contributed by atoms with Crippen LogP contribution in [0.15, 0.2) is 30.3 Å². The molecule has 20 heavy (non-hydrogen) atoms. The molecular formula is C17H28N2O. The summed E-state index contributed by atoms with van der Waals surface area (Å²) in [5.41, 5.74) is 1.29. The van der Waals surface area contributed by atoms with E-state index in [9.17, 15) is 4.79 Å². The fraction of sp³-hybridized carbons (Fsp3) is 0.588. The number of hydrogen-bond acceptors (Lipinski definition) is 2. The van der Waals surface area contributed by atoms with Gasteiger partial charge in [0.25, 0.3) is 0 Å². The van der Waals surface area contributed by atoms with E-state index in [-0.39, 0.29) is 11.9 Å². The van der Waals surface area contributed by atoms with Crippen molar-refractivity contribution in [2.24, 2.45) is 0 Å². The molecule has 0 saturated heterocycles. The van der Waals surface area contributed by atoms with Crippen LogP contribution in [0.4, 0.5) is 0 Å². The number of nitrogens with zero attached hydrogens (tertiary/aromatic N) is 1. The van der Waals surface area contributed by atoms with Crippen LogP contribution in [-0.4, -0.2) is 29.4 Å². The predicted molar refractivity (Wildman–Crippen MR) is 84.5 cm³/mol. The van der Waals surface area contributed by atoms with Gasteiger partial charge in [-0.1, -0.05) is 37.3 Å². The molecule has 0 fully saturated rings. The van der Waals surface area contributed by atoms with Gasteiger partial charge in [-0.3, -0.25) is 9.69 Å². The highest BCUT2D eigenvalue weighted by atomic mass is 16.1. The van der Waals surface area contributed by atoms with Crippen LogP contribution in [0, 0.1) is 0 Å². The van der Waals surface area contributed by atoms with E-state index >= 15 is 0 Å². The smallest absolute Gasteiger partial charge is 0.221 e. The Balaban J connectivity index is 2.46. The zero-order chi connectivity index (χ0) is 15.0. The third kappa shape index (κ3) is 6.20. The molecule has 0 aliphatic carbocycles. The van der Waals surface area contributed by atoms with Gasteiger partial charge in [-0.05, 0) is 32.8 Å². The van der Waals surface area contributed by atoms with Crippen molar-refractivity contribution in [1.29, 1.82) is 0 Å². The molecule has 1 unspecified atom stereocenters. The summed E-state index contributed by atoms with van der Waals surface area (Å²) < 4.78 is 0. The van der Waals surface area contributed by atoms with Gasteiger partial charge in [0, 0.05) is 31.6 Å². The van der Waals surface area contributed by atoms with Crippen molar-refractivity contribution in [3.8, 4) is 0 Å². The standard InChI is InChI=1S/C17H28N2O/c1-5-15(4)18-17(20)11-12-19(14(2)3)13-16-9-7-6-8-10-16/h6-10,14-15H,5,11-13H2,1-4H3,(H,18,20). The van der Waals surface area contributed by atoms with Crippen molar-refractivity contribution in [2.45, 2.75) is 59.2 Å². The van der Waals surface area contributed by atoms with Crippen molar-refractivity contribution >= 4 is 5.91 Å². The molecule has 1 amide bonds. The first-order valence-electron chi connectivity index (χ1n) is 7.60. The van der Waals surface area contributed by atoms with Gasteiger partial charge >= 0.3 is 0 Å². The average molecular weight is 276 g/mol. The number of rotatable bonds is 8. The Morgan fingerprint density at radius 1 is 1.20 bits per heavy atom. The molecule has 1 N–H and O–H groups in total. The lowest BCUT2D eigenvalue weighted by atomic mass is 10.1. The second kappa shape index (κ2) is 8.75. The maximum atomic E-state index is 11.9. The normalized spacial score (nSPS) is 12.7. The Kier molecular flexibility index (Phi) is 7.31. The second-order valence-corrected chi connectivity index (χ2v) is 5.68. The van der Waals surface area contributed by atoms with Crippen LogP contribution in [-0.2, 0) is 11.3 Å². The molecule has 3 nitrogen and oxygen atoms in total. The summed E-state index contributed by atoms with van der Waals surface area (Å²) in [6.07, 6.45) is 1.54. The number of nitrogens with one attached hydrogen (secondary N) is 1. The summed E-state index contributed by atoms with van der Waals surface area (Å²) in [7, 11) is 0. The Morgan fingerprint density at radius 2 is 1.85 bits per heavy atom. The molecule has 3 heteroatoms. The first-order chi connectivity index (χ1) is 9.52. The lowest BCUT2D eigenvalue weighted by Crippen LogP contribution is -2.37. The Labute approximate surface area is 123 Å². The van der Waals surface area contributed by atoms with Gasteiger partial charge in [-0.15, -0.1) is 0 Å². The molecule has 0 aliphatic heterocycles. The molecule has 0 aliphatic rings. The van der Waals surface area contributed by atoms with E-state index in [1.807, 2.05) is 13.0 Å². The van der Waals surface area contributed by atoms with E-state index in [1.165, 1.54) is 5.56 Å². The van der Waals surface area contributed by atoms with Gasteiger partial charge < -0.3 is 5.32 Å². The van der Waals surface area contributed by atoms with Crippen LogP contribution in [0.2, 0.25) is 0 Å². The van der Waals surface area contributed by atoms with Crippen molar-refractivity contribution in [3.63, 3.8) is 0 Å². The summed E-state index contributed by atoms with van der Waals surface area (Å²) in [6, 6.07) is 11.1. The molecule has 1 aromatic rings. The van der Waals surface area contributed by atoms with Crippen LogP contribution in [0.1, 0.15) is 46.1 Å². The van der Waals surface area contributed by atoms with Crippen molar-refractivity contribution in [3.05, 3.63) is 35.9 Å². The number of carbonyl (C=O) groups is 1. The fourth-order valence-electron chi connectivity index (χ4n) is 2.03. The first-order valence-corrected chi connectivity index (χ1v) is 7.60. The minimum atomic E-state index is 0.151. The largest absolute Gasteiger partial charge is 0.354 e. The van der Waals surface area contributed by atoms with Gasteiger partial charge in [0.05, 0.1) is 0 Å². The van der Waals surface area contributed by atoms with Gasteiger partial charge in [-0.25, -0.2) is 0 Å². The van der Waals surface area contributed by atoms with Crippen LogP contribution >= 0.6 is 0 Å². The maximum Gasteiger partial charge on any atom is 0.221 e. The van der Waals surface area contributed by atoms with Crippen LogP contribution in [0.25, 0.3) is 0 Å². The Bertz CT molecular complexity index is 389. The summed E-state index contributed by atoms with van der Waals surface area (Å²) >= 11 is 0. The highest BCUT2D eigenvalue weighted by Crippen LogP contribution is 2.08. The number of benzene rings is 1. The molecule has 0 radical (unpaired) electrons. The van der Waals surface area contributed by atoms with Crippen molar-refractivity contribution < 1.29 is 4.79 Å². The Morgan fingerprint density at radius 3 is 2.40 bits per heavy atom. The monoisotopic (exact) mass is 276 g/mol. The molecule has 0 aromatic heterocycles. The lowest BCUT2D eigenvalue weighted by Gasteiger charge is -2.26. The van der Waals surface area contributed by atoms with E-state index < -0.39 is 0 Å². The third-order valence-electron chi connectivity index (χ3n) is 3.60. The zero-order valence-electron chi connectivity index (χ0n) is 13.2. The molecule has 1 rings (SSSR count). The second-order valence-electron chi connectivity index (χ2n) is 5.68. The van der Waals surface area contributed by atoms with Crippen LogP contribution < -0.4 is 5.32 Å². The number of amides is 1. The van der Waals surface area contributed by atoms with E-state index in [2.05, 4.69) is 55.3 Å². The summed E-state index contributed by atoms with van der Waals surface area (Å²) in [5.74, 6) is 0.151. The highest BCUT2D eigenvalue weighted by Gasteiger charge is 2.13. The van der Waals surface area contributed by atoms with Crippen LogP contribution in [0.5, 0.6) is 0 Å². The predicted octanol–water partition coefficient (Wildman–Crippen LogP) is 3.20. The minimum Gasteiger partial charge on any atom is -0.354 e. The van der Waals surface area contributed by atoms with Gasteiger partial charge in [-0.2, -0.15) is 0 Å². The average Bonchev–Trinajstić information content (AvgIpc) is 2.44. The highest BCUT2D eigenvalue weighted by molar-refractivity contribution is 5.76. The zero-order valence-corrected chi connectivity index (χ0v) is 13.2. The third-order valence-corrected chi connectivity index (χ3v) is 3.60. The molecule has 0 bridgehead atoms. The minimum absolute atomic E-state index is 0.151. The number of carbonyl (C=O) groups excluding carboxylic acids is 1. The maximum absolute atomic E-state index is 11.9. The quantitative estimate of drug-likeness (QED) is 0.791. The summed E-state index contributed by atoms with van der Waals surface area (Å²) in [6.45, 7) is 10.2. The van der Waals surface area contributed by atoms with Crippen molar-refractivity contribution in [2.75, 3.05) is 6.54 Å². The van der Waals surface area contributed by atoms with Gasteiger partial charge in [0.15, 0.2) is 0 Å². The molecular weight excluding hydrogens is 248 g/mol. The van der Waals surface area contributed by atoms with E-state index in [0.29, 0.717) is 12.5 Å². The fourth-order valence-corrected chi connectivity index (χ4v) is 2.03. The summed E-state index contributed by atoms with van der Waals surface area (Å²) in [5, 5.41) is 3.02. The van der Waals surface area contributed by atoms with Crippen LogP contribution in [0.3, 0.4) is 0 Å². The number of hydrogen-bond donors (Lipinski definition) is 1. The molecule has 1 atom stereocenters. The topological polar surface area (TPSA) is 32.3 Å². The molecule has 0 heterocycles. The SMILES string of the molecule is CCC(C)NC(=O)CCN(Cc1ccccc1)C(C)C. The van der Waals surface area contributed by atoms with E-state index in [1.54, 1.807) is 0 Å². The van der Waals surface area contributed by atoms with E-state index in [0.717, 1.165) is 19.5 Å². The van der Waals surface area contributed by atoms with Gasteiger partial charge in [0.2, 0.25) is 5.91 Å².